The molecule has 4 nitrogen and oxygen atoms in total. The molecule has 2 fully saturated rings. The summed E-state index contributed by atoms with van der Waals surface area (Å²) < 4.78 is 5.42. The Labute approximate surface area is 97.1 Å². The van der Waals surface area contributed by atoms with Crippen LogP contribution < -0.4 is 10.6 Å². The van der Waals surface area contributed by atoms with Crippen LogP contribution in [0.5, 0.6) is 0 Å². The second-order valence-corrected chi connectivity index (χ2v) is 4.86. The van der Waals surface area contributed by atoms with Crippen LogP contribution in [0.2, 0.25) is 0 Å². The molecule has 1 saturated heterocycles. The number of carbonyl (C=O) groups is 1. The van der Waals surface area contributed by atoms with E-state index in [1.54, 1.807) is 0 Å². The zero-order valence-electron chi connectivity index (χ0n) is 9.84. The van der Waals surface area contributed by atoms with Crippen LogP contribution in [0.1, 0.15) is 38.5 Å². The van der Waals surface area contributed by atoms with Crippen molar-refractivity contribution in [2.75, 3.05) is 19.8 Å². The Morgan fingerprint density at radius 2 is 2.06 bits per heavy atom. The van der Waals surface area contributed by atoms with Gasteiger partial charge in [0.15, 0.2) is 0 Å². The molecule has 0 aromatic heterocycles. The first kappa shape index (κ1) is 11.9. The largest absolute Gasteiger partial charge is 0.370 e. The highest BCUT2D eigenvalue weighted by atomic mass is 16.5. The predicted octanol–water partition coefficient (Wildman–Crippen LogP) is 0.814. The summed E-state index contributed by atoms with van der Waals surface area (Å²) in [7, 11) is 0. The van der Waals surface area contributed by atoms with E-state index in [4.69, 9.17) is 4.74 Å². The topological polar surface area (TPSA) is 50.4 Å². The summed E-state index contributed by atoms with van der Waals surface area (Å²) >= 11 is 0. The second kappa shape index (κ2) is 6.21. The lowest BCUT2D eigenvalue weighted by atomic mass is 10.2. The van der Waals surface area contributed by atoms with Gasteiger partial charge >= 0.3 is 0 Å². The van der Waals surface area contributed by atoms with Gasteiger partial charge in [0.25, 0.3) is 0 Å². The van der Waals surface area contributed by atoms with Gasteiger partial charge in [-0.3, -0.25) is 4.79 Å². The molecule has 92 valence electrons. The monoisotopic (exact) mass is 226 g/mol. The number of hydrogen-bond donors (Lipinski definition) is 2. The summed E-state index contributed by atoms with van der Waals surface area (Å²) in [5, 5.41) is 6.37. The van der Waals surface area contributed by atoms with Gasteiger partial charge in [-0.2, -0.15) is 0 Å². The van der Waals surface area contributed by atoms with Gasteiger partial charge in [-0.1, -0.05) is 12.8 Å². The normalized spacial score (nSPS) is 26.1. The van der Waals surface area contributed by atoms with E-state index in [0.717, 1.165) is 19.4 Å². The quantitative estimate of drug-likeness (QED) is 0.729. The molecule has 0 bridgehead atoms. The Hall–Kier alpha value is -0.610. The first-order valence-corrected chi connectivity index (χ1v) is 6.45. The molecule has 4 heteroatoms. The smallest absolute Gasteiger partial charge is 0.246 e. The van der Waals surface area contributed by atoms with Crippen molar-refractivity contribution in [2.24, 2.45) is 0 Å². The van der Waals surface area contributed by atoms with E-state index < -0.39 is 0 Å². The summed E-state index contributed by atoms with van der Waals surface area (Å²) in [4.78, 5) is 11.5. The van der Waals surface area contributed by atoms with E-state index >= 15 is 0 Å². The van der Waals surface area contributed by atoms with Crippen LogP contribution in [-0.4, -0.2) is 37.7 Å². The average molecular weight is 226 g/mol. The third-order valence-corrected chi connectivity index (χ3v) is 3.43. The van der Waals surface area contributed by atoms with Crippen LogP contribution in [0.15, 0.2) is 0 Å². The van der Waals surface area contributed by atoms with Crippen molar-refractivity contribution in [1.29, 1.82) is 0 Å². The van der Waals surface area contributed by atoms with Crippen molar-refractivity contribution in [3.05, 3.63) is 0 Å². The van der Waals surface area contributed by atoms with Gasteiger partial charge in [0.05, 0.1) is 6.61 Å². The average Bonchev–Trinajstić information content (AvgIpc) is 2.90. The van der Waals surface area contributed by atoms with Crippen molar-refractivity contribution >= 4 is 5.91 Å². The van der Waals surface area contributed by atoms with E-state index in [2.05, 4.69) is 10.6 Å². The molecule has 1 heterocycles. The van der Waals surface area contributed by atoms with Gasteiger partial charge in [0, 0.05) is 12.1 Å². The molecular weight excluding hydrogens is 204 g/mol. The predicted molar refractivity (Wildman–Crippen MR) is 62.2 cm³/mol. The second-order valence-electron chi connectivity index (χ2n) is 4.86. The van der Waals surface area contributed by atoms with Gasteiger partial charge in [0.1, 0.15) is 6.61 Å². The summed E-state index contributed by atoms with van der Waals surface area (Å²) in [5.74, 6) is 0.0462. The van der Waals surface area contributed by atoms with E-state index in [9.17, 15) is 4.79 Å². The van der Waals surface area contributed by atoms with E-state index in [1.807, 2.05) is 0 Å². The molecule has 1 unspecified atom stereocenters. The molecule has 1 saturated carbocycles. The minimum absolute atomic E-state index is 0.0462. The molecule has 2 aliphatic rings. The highest BCUT2D eigenvalue weighted by molar-refractivity contribution is 5.77. The Bertz CT molecular complexity index is 221. The number of amides is 1. The van der Waals surface area contributed by atoms with Crippen molar-refractivity contribution in [3.63, 3.8) is 0 Å². The Morgan fingerprint density at radius 3 is 2.75 bits per heavy atom. The summed E-state index contributed by atoms with van der Waals surface area (Å²) in [6.07, 6.45) is 7.16. The maximum atomic E-state index is 11.5. The van der Waals surface area contributed by atoms with Crippen molar-refractivity contribution in [3.8, 4) is 0 Å². The molecule has 0 aromatic carbocycles. The lowest BCUT2D eigenvalue weighted by Gasteiger charge is -2.13. The molecule has 0 spiro atoms. The lowest BCUT2D eigenvalue weighted by molar-refractivity contribution is -0.126. The molecular formula is C12H22N2O2. The van der Waals surface area contributed by atoms with Crippen LogP contribution in [0.25, 0.3) is 0 Å². The van der Waals surface area contributed by atoms with Crippen LogP contribution >= 0.6 is 0 Å². The van der Waals surface area contributed by atoms with Gasteiger partial charge in [0.2, 0.25) is 5.91 Å². The third-order valence-electron chi connectivity index (χ3n) is 3.43. The zero-order chi connectivity index (χ0) is 11.2. The van der Waals surface area contributed by atoms with E-state index in [-0.39, 0.29) is 12.5 Å². The van der Waals surface area contributed by atoms with Crippen LogP contribution in [0, 0.1) is 0 Å². The number of nitrogens with one attached hydrogen (secondary N) is 2. The maximum Gasteiger partial charge on any atom is 0.246 e. The van der Waals surface area contributed by atoms with Crippen molar-refractivity contribution in [1.82, 2.24) is 10.6 Å². The third kappa shape index (κ3) is 3.76. The maximum absolute atomic E-state index is 11.5. The van der Waals surface area contributed by atoms with Crippen molar-refractivity contribution in [2.45, 2.75) is 50.6 Å². The summed E-state index contributed by atoms with van der Waals surface area (Å²) in [5.41, 5.74) is 0. The number of rotatable bonds is 5. The Kier molecular flexibility index (Phi) is 4.60. The number of hydrogen-bond acceptors (Lipinski definition) is 3. The molecule has 0 radical (unpaired) electrons. The zero-order valence-corrected chi connectivity index (χ0v) is 9.84. The molecule has 2 rings (SSSR count). The highest BCUT2D eigenvalue weighted by Gasteiger charge is 2.18. The summed E-state index contributed by atoms with van der Waals surface area (Å²) in [6, 6.07) is 0.861. The van der Waals surface area contributed by atoms with Gasteiger partial charge < -0.3 is 15.4 Å². The van der Waals surface area contributed by atoms with Crippen LogP contribution in [-0.2, 0) is 9.53 Å². The molecule has 1 aliphatic carbocycles. The molecule has 1 aliphatic heterocycles. The van der Waals surface area contributed by atoms with E-state index in [1.165, 1.54) is 25.7 Å². The molecule has 1 atom stereocenters. The SMILES string of the molecule is O=C(COCC1CCCN1)NC1CCCC1. The first-order chi connectivity index (χ1) is 7.84. The minimum Gasteiger partial charge on any atom is -0.370 e. The van der Waals surface area contributed by atoms with Crippen LogP contribution in [0.3, 0.4) is 0 Å². The standard InChI is InChI=1S/C12H22N2O2/c15-12(14-10-4-1-2-5-10)9-16-8-11-6-3-7-13-11/h10-11,13H,1-9H2,(H,14,15). The number of ether oxygens (including phenoxy) is 1. The van der Waals surface area contributed by atoms with Gasteiger partial charge in [-0.15, -0.1) is 0 Å². The molecule has 2 N–H and O–H groups in total. The molecule has 16 heavy (non-hydrogen) atoms. The fraction of sp³-hybridized carbons (Fsp3) is 0.917. The Balaban J connectivity index is 1.52. The molecule has 1 amide bonds. The van der Waals surface area contributed by atoms with E-state index in [0.29, 0.717) is 18.7 Å². The summed E-state index contributed by atoms with van der Waals surface area (Å²) in [6.45, 7) is 1.97. The fourth-order valence-corrected chi connectivity index (χ4v) is 2.53. The Morgan fingerprint density at radius 1 is 1.25 bits per heavy atom. The van der Waals surface area contributed by atoms with Gasteiger partial charge in [-0.25, -0.2) is 0 Å². The van der Waals surface area contributed by atoms with Gasteiger partial charge in [-0.05, 0) is 32.2 Å². The van der Waals surface area contributed by atoms with Crippen LogP contribution in [0.4, 0.5) is 0 Å². The first-order valence-electron chi connectivity index (χ1n) is 6.45. The molecule has 0 aromatic rings. The lowest BCUT2D eigenvalue weighted by Crippen LogP contribution is -2.36. The highest BCUT2D eigenvalue weighted by Crippen LogP contribution is 2.17. The minimum atomic E-state index is 0.0462. The van der Waals surface area contributed by atoms with Crippen molar-refractivity contribution < 1.29 is 9.53 Å². The fourth-order valence-electron chi connectivity index (χ4n) is 2.53. The number of carbonyl (C=O) groups excluding carboxylic acids is 1.